The average molecular weight is 241 g/mol. The summed E-state index contributed by atoms with van der Waals surface area (Å²) in [6.07, 6.45) is 4.19. The largest absolute Gasteiger partial charge is 0.478 e. The number of carbonyl (C=O) groups excluding carboxylic acids is 1. The van der Waals surface area contributed by atoms with Crippen molar-refractivity contribution in [3.63, 3.8) is 0 Å². The number of aryl methyl sites for hydroxylation is 1. The Morgan fingerprint density at radius 2 is 2.25 bits per heavy atom. The number of rotatable bonds is 6. The highest BCUT2D eigenvalue weighted by molar-refractivity contribution is 7.98. The van der Waals surface area contributed by atoms with Crippen molar-refractivity contribution in [1.82, 2.24) is 4.98 Å². The van der Waals surface area contributed by atoms with Crippen LogP contribution in [-0.4, -0.2) is 34.4 Å². The molecule has 1 heterocycles. The third-order valence-electron chi connectivity index (χ3n) is 2.43. The predicted octanol–water partition coefficient (Wildman–Crippen LogP) is 2.13. The van der Waals surface area contributed by atoms with Crippen LogP contribution in [0.2, 0.25) is 0 Å². The molecule has 0 saturated heterocycles. The van der Waals surface area contributed by atoms with E-state index in [9.17, 15) is 9.59 Å². The minimum Gasteiger partial charge on any atom is -0.478 e. The second-order valence-electron chi connectivity index (χ2n) is 3.54. The average Bonchev–Trinajstić information content (AvgIpc) is 2.55. The minimum absolute atomic E-state index is 0.253. The van der Waals surface area contributed by atoms with Crippen molar-refractivity contribution >= 4 is 24.0 Å². The van der Waals surface area contributed by atoms with E-state index in [1.807, 2.05) is 6.26 Å². The highest BCUT2D eigenvalue weighted by Crippen LogP contribution is 2.20. The summed E-state index contributed by atoms with van der Waals surface area (Å²) in [5, 5.41) is 9.07. The van der Waals surface area contributed by atoms with Gasteiger partial charge in [-0.2, -0.15) is 11.8 Å². The van der Waals surface area contributed by atoms with Gasteiger partial charge in [0, 0.05) is 5.69 Å². The van der Waals surface area contributed by atoms with Gasteiger partial charge in [0.25, 0.3) is 0 Å². The molecule has 0 unspecified atom stereocenters. The highest BCUT2D eigenvalue weighted by Gasteiger charge is 2.19. The molecule has 2 N–H and O–H groups in total. The van der Waals surface area contributed by atoms with Crippen LogP contribution < -0.4 is 0 Å². The van der Waals surface area contributed by atoms with Gasteiger partial charge < -0.3 is 10.1 Å². The Labute approximate surface area is 98.4 Å². The number of hydrogen-bond acceptors (Lipinski definition) is 3. The summed E-state index contributed by atoms with van der Waals surface area (Å²) in [4.78, 5) is 24.7. The molecule has 88 valence electrons. The van der Waals surface area contributed by atoms with Crippen LogP contribution in [0.5, 0.6) is 0 Å². The van der Waals surface area contributed by atoms with Crippen molar-refractivity contribution in [1.29, 1.82) is 0 Å². The Hall–Kier alpha value is -1.23. The molecule has 0 atom stereocenters. The number of nitrogens with one attached hydrogen (secondary N) is 1. The Morgan fingerprint density at radius 3 is 2.75 bits per heavy atom. The molecule has 0 radical (unpaired) electrons. The van der Waals surface area contributed by atoms with E-state index >= 15 is 0 Å². The number of aromatic carboxylic acids is 1. The Morgan fingerprint density at radius 1 is 1.56 bits per heavy atom. The van der Waals surface area contributed by atoms with Crippen LogP contribution >= 0.6 is 11.8 Å². The van der Waals surface area contributed by atoms with Gasteiger partial charge in [-0.25, -0.2) is 4.79 Å². The van der Waals surface area contributed by atoms with Gasteiger partial charge in [0.05, 0.1) is 11.3 Å². The summed E-state index contributed by atoms with van der Waals surface area (Å²) in [5.41, 5.74) is 1.84. The Bertz CT molecular complexity index is 398. The van der Waals surface area contributed by atoms with Crippen molar-refractivity contribution < 1.29 is 14.7 Å². The summed E-state index contributed by atoms with van der Waals surface area (Å²) in [6, 6.07) is 0. The second-order valence-corrected chi connectivity index (χ2v) is 4.52. The molecule has 16 heavy (non-hydrogen) atoms. The maximum absolute atomic E-state index is 11.1. The number of carboxylic acid groups (broad SMARTS) is 1. The monoisotopic (exact) mass is 241 g/mol. The molecule has 4 nitrogen and oxygen atoms in total. The molecule has 1 aromatic heterocycles. The number of thioether (sulfide) groups is 1. The summed E-state index contributed by atoms with van der Waals surface area (Å²) >= 11 is 1.71. The molecule has 0 saturated carbocycles. The lowest BCUT2D eigenvalue weighted by molar-refractivity contribution is 0.0695. The van der Waals surface area contributed by atoms with E-state index in [0.29, 0.717) is 29.7 Å². The first kappa shape index (κ1) is 12.8. The normalized spacial score (nSPS) is 10.4. The molecule has 0 spiro atoms. The molecular formula is C11H15NO3S. The molecule has 0 aromatic carbocycles. The number of H-pyrrole nitrogens is 1. The van der Waals surface area contributed by atoms with E-state index < -0.39 is 5.97 Å². The molecule has 5 heteroatoms. The topological polar surface area (TPSA) is 70.2 Å². The lowest BCUT2D eigenvalue weighted by Crippen LogP contribution is -2.03. The van der Waals surface area contributed by atoms with Crippen molar-refractivity contribution in [2.45, 2.75) is 19.8 Å². The fourth-order valence-electron chi connectivity index (χ4n) is 1.74. The molecule has 0 fully saturated rings. The zero-order valence-corrected chi connectivity index (χ0v) is 10.2. The van der Waals surface area contributed by atoms with Gasteiger partial charge in [-0.15, -0.1) is 0 Å². The van der Waals surface area contributed by atoms with Gasteiger partial charge in [0.1, 0.15) is 0 Å². The lowest BCUT2D eigenvalue weighted by Gasteiger charge is -2.01. The second kappa shape index (κ2) is 5.75. The fraction of sp³-hybridized carbons (Fsp3) is 0.455. The van der Waals surface area contributed by atoms with Crippen LogP contribution in [0.25, 0.3) is 0 Å². The first-order valence-electron chi connectivity index (χ1n) is 5.00. The maximum atomic E-state index is 11.1. The number of aromatic nitrogens is 1. The molecule has 1 aromatic rings. The van der Waals surface area contributed by atoms with Crippen molar-refractivity contribution in [2.75, 3.05) is 12.0 Å². The SMILES string of the molecule is CSCCCc1c(C=O)[nH]c(C)c1C(=O)O. The van der Waals surface area contributed by atoms with Crippen LogP contribution in [0.4, 0.5) is 0 Å². The van der Waals surface area contributed by atoms with E-state index in [-0.39, 0.29) is 5.56 Å². The maximum Gasteiger partial charge on any atom is 0.337 e. The molecule has 0 aliphatic carbocycles. The summed E-state index contributed by atoms with van der Waals surface area (Å²) in [6.45, 7) is 1.68. The van der Waals surface area contributed by atoms with E-state index in [1.165, 1.54) is 0 Å². The van der Waals surface area contributed by atoms with Crippen molar-refractivity contribution in [3.05, 3.63) is 22.5 Å². The van der Waals surface area contributed by atoms with Gasteiger partial charge in [0.15, 0.2) is 6.29 Å². The van der Waals surface area contributed by atoms with Crippen LogP contribution in [0.1, 0.15) is 38.5 Å². The quantitative estimate of drug-likeness (QED) is 0.591. The fourth-order valence-corrected chi connectivity index (χ4v) is 2.18. The molecular weight excluding hydrogens is 226 g/mol. The van der Waals surface area contributed by atoms with E-state index in [2.05, 4.69) is 4.98 Å². The summed E-state index contributed by atoms with van der Waals surface area (Å²) in [7, 11) is 0. The number of carbonyl (C=O) groups is 2. The van der Waals surface area contributed by atoms with Crippen molar-refractivity contribution in [2.24, 2.45) is 0 Å². The zero-order chi connectivity index (χ0) is 12.1. The van der Waals surface area contributed by atoms with Gasteiger partial charge >= 0.3 is 5.97 Å². The van der Waals surface area contributed by atoms with E-state index in [1.54, 1.807) is 18.7 Å². The van der Waals surface area contributed by atoms with E-state index in [4.69, 9.17) is 5.11 Å². The standard InChI is InChI=1S/C11H15NO3S/c1-7-10(11(14)15)8(4-3-5-16-2)9(6-13)12-7/h6,12H,3-5H2,1-2H3,(H,14,15). The third-order valence-corrected chi connectivity index (χ3v) is 3.13. The number of hydrogen-bond donors (Lipinski definition) is 2. The van der Waals surface area contributed by atoms with Gasteiger partial charge in [0.2, 0.25) is 0 Å². The molecule has 0 bridgehead atoms. The van der Waals surface area contributed by atoms with Crippen LogP contribution in [0.15, 0.2) is 0 Å². The lowest BCUT2D eigenvalue weighted by atomic mass is 10.0. The molecule has 0 aliphatic heterocycles. The third kappa shape index (κ3) is 2.66. The number of aromatic amines is 1. The van der Waals surface area contributed by atoms with Crippen LogP contribution in [-0.2, 0) is 6.42 Å². The van der Waals surface area contributed by atoms with Crippen LogP contribution in [0, 0.1) is 6.92 Å². The highest BCUT2D eigenvalue weighted by atomic mass is 32.2. The van der Waals surface area contributed by atoms with Gasteiger partial charge in [-0.05, 0) is 37.3 Å². The Kier molecular flexibility index (Phi) is 4.61. The first-order chi connectivity index (χ1) is 7.61. The molecule has 1 rings (SSSR count). The summed E-state index contributed by atoms with van der Waals surface area (Å²) < 4.78 is 0. The molecule has 0 amide bonds. The van der Waals surface area contributed by atoms with Gasteiger partial charge in [-0.3, -0.25) is 4.79 Å². The number of aldehydes is 1. The zero-order valence-electron chi connectivity index (χ0n) is 9.37. The van der Waals surface area contributed by atoms with Crippen molar-refractivity contribution in [3.8, 4) is 0 Å². The minimum atomic E-state index is -0.971. The Balaban J connectivity index is 3.01. The van der Waals surface area contributed by atoms with E-state index in [0.717, 1.165) is 12.2 Å². The predicted molar refractivity (Wildman–Crippen MR) is 64.6 cm³/mol. The number of carboxylic acids is 1. The smallest absolute Gasteiger partial charge is 0.337 e. The summed E-state index contributed by atoms with van der Waals surface area (Å²) in [5.74, 6) is -0.0114. The van der Waals surface area contributed by atoms with Gasteiger partial charge in [-0.1, -0.05) is 0 Å². The first-order valence-corrected chi connectivity index (χ1v) is 6.40. The molecule has 0 aliphatic rings. The van der Waals surface area contributed by atoms with Crippen LogP contribution in [0.3, 0.4) is 0 Å².